The SMILES string of the molecule is CCOCc1ccc(C(O)(c2ccc(F)cc2)c2ccc(F)cc2)cc1. The third kappa shape index (κ3) is 3.66. The van der Waals surface area contributed by atoms with Crippen LogP contribution in [0.5, 0.6) is 0 Å². The molecule has 0 spiro atoms. The molecule has 0 radical (unpaired) electrons. The lowest BCUT2D eigenvalue weighted by atomic mass is 9.80. The normalized spacial score (nSPS) is 11.5. The van der Waals surface area contributed by atoms with Gasteiger partial charge in [-0.15, -0.1) is 0 Å². The lowest BCUT2D eigenvalue weighted by molar-refractivity contribution is 0.124. The van der Waals surface area contributed by atoms with Gasteiger partial charge in [0.05, 0.1) is 6.61 Å². The number of aliphatic hydroxyl groups is 1. The van der Waals surface area contributed by atoms with Gasteiger partial charge in [0.15, 0.2) is 0 Å². The molecule has 0 unspecified atom stereocenters. The van der Waals surface area contributed by atoms with E-state index in [2.05, 4.69) is 0 Å². The van der Waals surface area contributed by atoms with Crippen molar-refractivity contribution in [2.24, 2.45) is 0 Å². The van der Waals surface area contributed by atoms with E-state index in [-0.39, 0.29) is 11.6 Å². The van der Waals surface area contributed by atoms with E-state index < -0.39 is 5.60 Å². The second-order valence-corrected chi connectivity index (χ2v) is 6.06. The summed E-state index contributed by atoms with van der Waals surface area (Å²) < 4.78 is 32.1. The Labute approximate surface area is 151 Å². The Balaban J connectivity index is 2.08. The molecular formula is C22H20F2O2. The summed E-state index contributed by atoms with van der Waals surface area (Å²) in [5.41, 5.74) is 1.07. The molecule has 3 aromatic carbocycles. The molecule has 0 fully saturated rings. The van der Waals surface area contributed by atoms with Gasteiger partial charge < -0.3 is 9.84 Å². The molecule has 4 heteroatoms. The summed E-state index contributed by atoms with van der Waals surface area (Å²) in [7, 11) is 0. The van der Waals surface area contributed by atoms with E-state index in [0.717, 1.165) is 5.56 Å². The fraction of sp³-hybridized carbons (Fsp3) is 0.182. The summed E-state index contributed by atoms with van der Waals surface area (Å²) in [6, 6.07) is 18.7. The van der Waals surface area contributed by atoms with Crippen molar-refractivity contribution in [2.75, 3.05) is 6.61 Å². The first-order chi connectivity index (χ1) is 12.5. The van der Waals surface area contributed by atoms with Gasteiger partial charge in [0, 0.05) is 6.61 Å². The Hall–Kier alpha value is -2.56. The highest BCUT2D eigenvalue weighted by molar-refractivity contribution is 5.47. The predicted octanol–water partition coefficient (Wildman–Crippen LogP) is 4.79. The molecule has 134 valence electrons. The van der Waals surface area contributed by atoms with E-state index in [1.165, 1.54) is 48.5 Å². The third-order valence-electron chi connectivity index (χ3n) is 4.37. The van der Waals surface area contributed by atoms with E-state index in [1.54, 1.807) is 12.1 Å². The van der Waals surface area contributed by atoms with Gasteiger partial charge in [-0.1, -0.05) is 48.5 Å². The van der Waals surface area contributed by atoms with Crippen LogP contribution in [0.15, 0.2) is 72.8 Å². The molecule has 0 aliphatic heterocycles. The molecule has 2 nitrogen and oxygen atoms in total. The minimum atomic E-state index is -1.52. The largest absolute Gasteiger partial charge is 0.377 e. The number of benzene rings is 3. The number of hydrogen-bond acceptors (Lipinski definition) is 2. The molecule has 0 aliphatic carbocycles. The van der Waals surface area contributed by atoms with Crippen LogP contribution in [0.2, 0.25) is 0 Å². The zero-order valence-corrected chi connectivity index (χ0v) is 14.5. The van der Waals surface area contributed by atoms with Crippen LogP contribution >= 0.6 is 0 Å². The molecule has 0 saturated heterocycles. The second kappa shape index (κ2) is 7.77. The van der Waals surface area contributed by atoms with Gasteiger partial charge in [-0.3, -0.25) is 0 Å². The third-order valence-corrected chi connectivity index (χ3v) is 4.37. The van der Waals surface area contributed by atoms with Crippen LogP contribution in [-0.2, 0) is 16.9 Å². The summed E-state index contributed by atoms with van der Waals surface area (Å²) in [5.74, 6) is -0.774. The Morgan fingerprint density at radius 3 is 1.50 bits per heavy atom. The zero-order valence-electron chi connectivity index (χ0n) is 14.5. The maximum atomic E-state index is 13.4. The number of rotatable bonds is 6. The molecule has 3 aromatic rings. The van der Waals surface area contributed by atoms with Crippen molar-refractivity contribution in [3.63, 3.8) is 0 Å². The van der Waals surface area contributed by atoms with Crippen molar-refractivity contribution in [3.8, 4) is 0 Å². The molecule has 0 aromatic heterocycles. The highest BCUT2D eigenvalue weighted by Crippen LogP contribution is 2.37. The van der Waals surface area contributed by atoms with Crippen molar-refractivity contribution in [2.45, 2.75) is 19.1 Å². The van der Waals surface area contributed by atoms with Crippen molar-refractivity contribution in [3.05, 3.63) is 107 Å². The van der Waals surface area contributed by atoms with Crippen molar-refractivity contribution < 1.29 is 18.6 Å². The van der Waals surface area contributed by atoms with Crippen LogP contribution in [0.1, 0.15) is 29.2 Å². The van der Waals surface area contributed by atoms with Gasteiger partial charge in [0.1, 0.15) is 17.2 Å². The smallest absolute Gasteiger partial charge is 0.140 e. The fourth-order valence-corrected chi connectivity index (χ4v) is 2.94. The van der Waals surface area contributed by atoms with Gasteiger partial charge in [-0.2, -0.15) is 0 Å². The predicted molar refractivity (Wildman–Crippen MR) is 96.7 cm³/mol. The first-order valence-electron chi connectivity index (χ1n) is 8.45. The number of hydrogen-bond donors (Lipinski definition) is 1. The van der Waals surface area contributed by atoms with Crippen LogP contribution in [0, 0.1) is 11.6 Å². The van der Waals surface area contributed by atoms with Crippen molar-refractivity contribution in [1.29, 1.82) is 0 Å². The Morgan fingerprint density at radius 2 is 1.12 bits per heavy atom. The molecule has 0 heterocycles. The highest BCUT2D eigenvalue weighted by Gasteiger charge is 2.33. The average Bonchev–Trinajstić information content (AvgIpc) is 2.67. The first kappa shape index (κ1) is 18.2. The lowest BCUT2D eigenvalue weighted by Gasteiger charge is -2.30. The van der Waals surface area contributed by atoms with Gasteiger partial charge >= 0.3 is 0 Å². The first-order valence-corrected chi connectivity index (χ1v) is 8.45. The molecule has 3 rings (SSSR count). The van der Waals surface area contributed by atoms with Crippen LogP contribution in [-0.4, -0.2) is 11.7 Å². The molecule has 0 saturated carbocycles. The summed E-state index contributed by atoms with van der Waals surface area (Å²) in [6.45, 7) is 3.04. The standard InChI is InChI=1S/C22H20F2O2/c1-2-26-15-16-3-5-17(6-4-16)22(25,18-7-11-20(23)12-8-18)19-9-13-21(24)14-10-19/h3-14,25H,2,15H2,1H3. The lowest BCUT2D eigenvalue weighted by Crippen LogP contribution is -2.29. The van der Waals surface area contributed by atoms with E-state index in [0.29, 0.717) is 29.9 Å². The quantitative estimate of drug-likeness (QED) is 0.645. The monoisotopic (exact) mass is 354 g/mol. The summed E-state index contributed by atoms with van der Waals surface area (Å²) in [6.07, 6.45) is 0. The molecule has 0 aliphatic rings. The maximum absolute atomic E-state index is 13.4. The van der Waals surface area contributed by atoms with Gasteiger partial charge in [0.25, 0.3) is 0 Å². The van der Waals surface area contributed by atoms with E-state index in [9.17, 15) is 13.9 Å². The average molecular weight is 354 g/mol. The molecule has 26 heavy (non-hydrogen) atoms. The van der Waals surface area contributed by atoms with Crippen molar-refractivity contribution in [1.82, 2.24) is 0 Å². The van der Waals surface area contributed by atoms with Crippen molar-refractivity contribution >= 4 is 0 Å². The van der Waals surface area contributed by atoms with Crippen LogP contribution in [0.4, 0.5) is 8.78 Å². The van der Waals surface area contributed by atoms with E-state index in [1.807, 2.05) is 19.1 Å². The summed E-state index contributed by atoms with van der Waals surface area (Å²) in [4.78, 5) is 0. The summed E-state index contributed by atoms with van der Waals surface area (Å²) in [5, 5.41) is 11.6. The molecule has 0 atom stereocenters. The Bertz CT molecular complexity index is 795. The van der Waals surface area contributed by atoms with Crippen LogP contribution < -0.4 is 0 Å². The maximum Gasteiger partial charge on any atom is 0.140 e. The van der Waals surface area contributed by atoms with Gasteiger partial charge in [-0.05, 0) is 53.4 Å². The minimum absolute atomic E-state index is 0.387. The summed E-state index contributed by atoms with van der Waals surface area (Å²) >= 11 is 0. The highest BCUT2D eigenvalue weighted by atomic mass is 19.1. The van der Waals surface area contributed by atoms with Gasteiger partial charge in [0.2, 0.25) is 0 Å². The van der Waals surface area contributed by atoms with Gasteiger partial charge in [-0.25, -0.2) is 8.78 Å². The molecular weight excluding hydrogens is 334 g/mol. The number of halogens is 2. The topological polar surface area (TPSA) is 29.5 Å². The van der Waals surface area contributed by atoms with Crippen LogP contribution in [0.25, 0.3) is 0 Å². The Morgan fingerprint density at radius 1 is 0.731 bits per heavy atom. The van der Waals surface area contributed by atoms with E-state index >= 15 is 0 Å². The molecule has 0 bridgehead atoms. The van der Waals surface area contributed by atoms with Crippen LogP contribution in [0.3, 0.4) is 0 Å². The van der Waals surface area contributed by atoms with E-state index in [4.69, 9.17) is 4.74 Å². The molecule has 1 N–H and O–H groups in total. The fourth-order valence-electron chi connectivity index (χ4n) is 2.94. The Kier molecular flexibility index (Phi) is 5.45. The second-order valence-electron chi connectivity index (χ2n) is 6.06. The minimum Gasteiger partial charge on any atom is -0.377 e. The molecule has 0 amide bonds. The number of ether oxygens (including phenoxy) is 1. The zero-order chi connectivity index (χ0) is 18.6.